The van der Waals surface area contributed by atoms with Crippen LogP contribution in [0.15, 0.2) is 60.9 Å². The molecule has 0 spiro atoms. The van der Waals surface area contributed by atoms with Crippen molar-refractivity contribution in [3.05, 3.63) is 83.0 Å². The third-order valence-corrected chi connectivity index (χ3v) is 5.14. The lowest BCUT2D eigenvalue weighted by Crippen LogP contribution is -2.16. The number of pyridine rings is 2. The van der Waals surface area contributed by atoms with Crippen LogP contribution in [0.1, 0.15) is 15.2 Å². The normalized spacial score (nSPS) is 10.7. The summed E-state index contributed by atoms with van der Waals surface area (Å²) in [6.07, 6.45) is 3.26. The molecule has 4 aromatic rings. The number of thiazole rings is 1. The number of aryl methyl sites for hydroxylation is 1. The second kappa shape index (κ2) is 7.84. The van der Waals surface area contributed by atoms with Crippen LogP contribution in [0.2, 0.25) is 0 Å². The second-order valence-corrected chi connectivity index (χ2v) is 7.32. The summed E-state index contributed by atoms with van der Waals surface area (Å²) >= 11 is 1.52. The van der Waals surface area contributed by atoms with E-state index in [1.807, 2.05) is 25.1 Å². The van der Waals surface area contributed by atoms with Crippen LogP contribution >= 0.6 is 11.3 Å². The minimum Gasteiger partial charge on any atom is -0.306 e. The van der Waals surface area contributed by atoms with E-state index in [2.05, 4.69) is 20.3 Å². The number of carbonyl (C=O) groups is 1. The molecule has 3 aromatic heterocycles. The maximum atomic E-state index is 13.7. The number of nitrogens with one attached hydrogen (secondary N) is 1. The Labute approximate surface area is 169 Å². The van der Waals surface area contributed by atoms with Crippen molar-refractivity contribution in [3.8, 4) is 22.0 Å². The van der Waals surface area contributed by atoms with Crippen LogP contribution in [-0.2, 0) is 0 Å². The van der Waals surface area contributed by atoms with Gasteiger partial charge in [-0.2, -0.15) is 0 Å². The fourth-order valence-corrected chi connectivity index (χ4v) is 3.68. The molecule has 0 fully saturated rings. The maximum Gasteiger partial charge on any atom is 0.262 e. The predicted molar refractivity (Wildman–Crippen MR) is 108 cm³/mol. The first-order chi connectivity index (χ1) is 14.0. The quantitative estimate of drug-likeness (QED) is 0.510. The molecule has 144 valence electrons. The predicted octanol–water partition coefficient (Wildman–Crippen LogP) is 5.11. The largest absolute Gasteiger partial charge is 0.306 e. The van der Waals surface area contributed by atoms with Crippen LogP contribution in [-0.4, -0.2) is 20.9 Å². The molecule has 4 rings (SSSR count). The fourth-order valence-electron chi connectivity index (χ4n) is 2.76. The zero-order valence-corrected chi connectivity index (χ0v) is 16.0. The summed E-state index contributed by atoms with van der Waals surface area (Å²) in [5, 5.41) is 3.20. The first-order valence-corrected chi connectivity index (χ1v) is 9.45. The number of nitrogens with zero attached hydrogens (tertiary/aromatic N) is 3. The monoisotopic (exact) mass is 408 g/mol. The van der Waals surface area contributed by atoms with Crippen LogP contribution in [0.25, 0.3) is 22.0 Å². The summed E-state index contributed by atoms with van der Waals surface area (Å²) in [6, 6.07) is 12.2. The van der Waals surface area contributed by atoms with E-state index in [0.29, 0.717) is 0 Å². The van der Waals surface area contributed by atoms with E-state index in [9.17, 15) is 13.6 Å². The Morgan fingerprint density at radius 3 is 2.45 bits per heavy atom. The van der Waals surface area contributed by atoms with Crippen molar-refractivity contribution >= 4 is 23.1 Å². The Kier molecular flexibility index (Phi) is 5.09. The number of amides is 1. The van der Waals surface area contributed by atoms with E-state index in [1.165, 1.54) is 17.4 Å². The topological polar surface area (TPSA) is 67.8 Å². The number of anilines is 1. The molecule has 0 aliphatic heterocycles. The third-order valence-electron chi connectivity index (χ3n) is 4.15. The van der Waals surface area contributed by atoms with E-state index in [0.717, 1.165) is 39.0 Å². The number of aromatic nitrogens is 3. The van der Waals surface area contributed by atoms with Crippen LogP contribution in [0.3, 0.4) is 0 Å². The van der Waals surface area contributed by atoms with Crippen molar-refractivity contribution in [2.24, 2.45) is 0 Å². The van der Waals surface area contributed by atoms with Gasteiger partial charge in [-0.05, 0) is 43.3 Å². The van der Waals surface area contributed by atoms with Crippen molar-refractivity contribution < 1.29 is 13.6 Å². The van der Waals surface area contributed by atoms with Gasteiger partial charge in [0.25, 0.3) is 5.91 Å². The van der Waals surface area contributed by atoms with Gasteiger partial charge in [-0.25, -0.2) is 18.7 Å². The zero-order valence-electron chi connectivity index (χ0n) is 15.2. The summed E-state index contributed by atoms with van der Waals surface area (Å²) in [5.74, 6) is -2.58. The Morgan fingerprint density at radius 1 is 1.00 bits per heavy atom. The molecule has 0 aliphatic carbocycles. The Balaban J connectivity index is 1.56. The SMILES string of the molecule is Cc1sc(-c2ccccn2)nc1-c1ccc(NC(=O)c2c(F)cccc2F)nc1. The molecule has 0 radical (unpaired) electrons. The van der Waals surface area contributed by atoms with Crippen molar-refractivity contribution in [1.82, 2.24) is 15.0 Å². The van der Waals surface area contributed by atoms with Crippen LogP contribution < -0.4 is 5.32 Å². The van der Waals surface area contributed by atoms with E-state index >= 15 is 0 Å². The van der Waals surface area contributed by atoms with Crippen molar-refractivity contribution in [3.63, 3.8) is 0 Å². The Hall–Kier alpha value is -3.52. The maximum absolute atomic E-state index is 13.7. The summed E-state index contributed by atoms with van der Waals surface area (Å²) in [7, 11) is 0. The summed E-state index contributed by atoms with van der Waals surface area (Å²) in [5.41, 5.74) is 1.67. The first-order valence-electron chi connectivity index (χ1n) is 8.63. The van der Waals surface area contributed by atoms with Crippen molar-refractivity contribution in [1.29, 1.82) is 0 Å². The molecule has 1 amide bonds. The molecular formula is C21H14F2N4OS. The highest BCUT2D eigenvalue weighted by Crippen LogP contribution is 2.32. The summed E-state index contributed by atoms with van der Waals surface area (Å²) in [6.45, 7) is 1.95. The molecule has 8 heteroatoms. The van der Waals surface area contributed by atoms with Crippen LogP contribution in [0.5, 0.6) is 0 Å². The van der Waals surface area contributed by atoms with Gasteiger partial charge in [0.05, 0.1) is 11.4 Å². The number of hydrogen-bond donors (Lipinski definition) is 1. The molecule has 1 aromatic carbocycles. The fraction of sp³-hybridized carbons (Fsp3) is 0.0476. The van der Waals surface area contributed by atoms with Gasteiger partial charge in [-0.15, -0.1) is 11.3 Å². The molecule has 0 unspecified atom stereocenters. The van der Waals surface area contributed by atoms with Crippen molar-refractivity contribution in [2.75, 3.05) is 5.32 Å². The average molecular weight is 408 g/mol. The molecule has 3 heterocycles. The third kappa shape index (κ3) is 3.88. The van der Waals surface area contributed by atoms with Gasteiger partial charge in [-0.3, -0.25) is 9.78 Å². The highest BCUT2D eigenvalue weighted by Gasteiger charge is 2.18. The minimum atomic E-state index is -0.931. The minimum absolute atomic E-state index is 0.180. The Morgan fingerprint density at radius 2 is 1.79 bits per heavy atom. The second-order valence-electron chi connectivity index (χ2n) is 6.12. The lowest BCUT2D eigenvalue weighted by molar-refractivity contribution is 0.101. The highest BCUT2D eigenvalue weighted by atomic mass is 32.1. The smallest absolute Gasteiger partial charge is 0.262 e. The van der Waals surface area contributed by atoms with Gasteiger partial charge in [0.1, 0.15) is 28.0 Å². The number of rotatable bonds is 4. The Bertz CT molecular complexity index is 1160. The van der Waals surface area contributed by atoms with Crippen LogP contribution in [0, 0.1) is 18.6 Å². The van der Waals surface area contributed by atoms with Gasteiger partial charge in [-0.1, -0.05) is 12.1 Å². The zero-order chi connectivity index (χ0) is 20.4. The molecule has 0 saturated carbocycles. The molecule has 0 aliphatic rings. The molecule has 29 heavy (non-hydrogen) atoms. The molecular weight excluding hydrogens is 394 g/mol. The lowest BCUT2D eigenvalue weighted by atomic mass is 10.1. The van der Waals surface area contributed by atoms with E-state index in [4.69, 9.17) is 0 Å². The van der Waals surface area contributed by atoms with E-state index < -0.39 is 23.1 Å². The molecule has 5 nitrogen and oxygen atoms in total. The first kappa shape index (κ1) is 18.8. The highest BCUT2D eigenvalue weighted by molar-refractivity contribution is 7.15. The summed E-state index contributed by atoms with van der Waals surface area (Å²) < 4.78 is 27.5. The lowest BCUT2D eigenvalue weighted by Gasteiger charge is -2.07. The van der Waals surface area contributed by atoms with Gasteiger partial charge >= 0.3 is 0 Å². The molecule has 1 N–H and O–H groups in total. The molecule has 0 atom stereocenters. The van der Waals surface area contributed by atoms with Gasteiger partial charge < -0.3 is 5.32 Å². The van der Waals surface area contributed by atoms with Crippen LogP contribution in [0.4, 0.5) is 14.6 Å². The van der Waals surface area contributed by atoms with Gasteiger partial charge in [0.2, 0.25) is 0 Å². The van der Waals surface area contributed by atoms with Crippen molar-refractivity contribution in [2.45, 2.75) is 6.92 Å². The van der Waals surface area contributed by atoms with Gasteiger partial charge in [0, 0.05) is 22.8 Å². The summed E-state index contributed by atoms with van der Waals surface area (Å²) in [4.78, 5) is 26.3. The number of halogens is 2. The number of benzene rings is 1. The number of carbonyl (C=O) groups excluding carboxylic acids is 1. The van der Waals surface area contributed by atoms with E-state index in [-0.39, 0.29) is 5.82 Å². The van der Waals surface area contributed by atoms with E-state index in [1.54, 1.807) is 24.5 Å². The number of hydrogen-bond acceptors (Lipinski definition) is 5. The average Bonchev–Trinajstić information content (AvgIpc) is 3.11. The van der Waals surface area contributed by atoms with Gasteiger partial charge in [0.15, 0.2) is 0 Å². The standard InChI is InChI=1S/C21H14F2N4OS/c1-12-19(27-21(29-12)16-7-2-3-10-24-16)13-8-9-17(25-11-13)26-20(28)18-14(22)5-4-6-15(18)23/h2-11H,1H3,(H,25,26,28). The molecule has 0 saturated heterocycles. The molecule has 0 bridgehead atoms.